The first-order valence-corrected chi connectivity index (χ1v) is 8.45. The highest BCUT2D eigenvalue weighted by Crippen LogP contribution is 2.24. The summed E-state index contributed by atoms with van der Waals surface area (Å²) in [5, 5.41) is 3.02. The summed E-state index contributed by atoms with van der Waals surface area (Å²) in [5.41, 5.74) is 0.379. The number of likely N-dealkylation sites (N-methyl/N-ethyl adjacent to an activating group) is 1. The number of nitrogens with one attached hydrogen (secondary N) is 1. The summed E-state index contributed by atoms with van der Waals surface area (Å²) in [5.74, 6) is -0.824. The summed E-state index contributed by atoms with van der Waals surface area (Å²) in [6.45, 7) is 3.28. The molecule has 0 atom stereocenters. The molecule has 0 radical (unpaired) electrons. The smallest absolute Gasteiger partial charge is 0.252 e. The third-order valence-corrected chi connectivity index (χ3v) is 4.79. The first kappa shape index (κ1) is 19.7. The van der Waals surface area contributed by atoms with Gasteiger partial charge >= 0.3 is 0 Å². The molecule has 1 aliphatic heterocycles. The topological polar surface area (TPSA) is 35.6 Å². The molecule has 1 aliphatic rings. The third-order valence-electron chi connectivity index (χ3n) is 4.79. The quantitative estimate of drug-likeness (QED) is 0.850. The third kappa shape index (κ3) is 5.44. The van der Waals surface area contributed by atoms with Gasteiger partial charge in [0.1, 0.15) is 5.82 Å². The van der Waals surface area contributed by atoms with Gasteiger partial charge in [0.05, 0.1) is 12.1 Å². The van der Waals surface area contributed by atoms with Crippen LogP contribution in [0.5, 0.6) is 0 Å². The van der Waals surface area contributed by atoms with Crippen LogP contribution in [0.25, 0.3) is 0 Å². The Morgan fingerprint density at radius 3 is 2.60 bits per heavy atom. The molecule has 2 rings (SSSR count). The van der Waals surface area contributed by atoms with Gasteiger partial charge in [-0.15, -0.1) is 0 Å². The number of hydrogen-bond acceptors (Lipinski definition) is 3. The molecule has 7 heteroatoms. The van der Waals surface area contributed by atoms with Crippen molar-refractivity contribution < 1.29 is 18.0 Å². The molecule has 1 saturated heterocycles. The number of piperidine rings is 1. The minimum absolute atomic E-state index is 0.287. The van der Waals surface area contributed by atoms with Gasteiger partial charge in [-0.2, -0.15) is 0 Å². The molecule has 140 valence electrons. The van der Waals surface area contributed by atoms with Gasteiger partial charge in [-0.1, -0.05) is 6.07 Å². The number of carbonyl (C=O) groups is 1. The fourth-order valence-corrected chi connectivity index (χ4v) is 3.33. The van der Waals surface area contributed by atoms with E-state index in [9.17, 15) is 18.0 Å². The number of rotatable bonds is 6. The average molecular weight is 357 g/mol. The largest absolute Gasteiger partial charge is 0.345 e. The van der Waals surface area contributed by atoms with Crippen molar-refractivity contribution in [2.45, 2.75) is 31.7 Å². The summed E-state index contributed by atoms with van der Waals surface area (Å²) in [7, 11) is 3.62. The minimum atomic E-state index is -2.42. The normalized spacial score (nSPS) is 17.9. The maximum absolute atomic E-state index is 13.5. The molecule has 0 unspecified atom stereocenters. The fourth-order valence-electron chi connectivity index (χ4n) is 3.33. The second-order valence-electron chi connectivity index (χ2n) is 7.08. The Labute approximate surface area is 147 Å². The SMILES string of the molecule is Cc1ccc(F)cc1C(=O)NC1(CN(C)CC(F)F)CCN(C)CC1. The van der Waals surface area contributed by atoms with Gasteiger partial charge in [0.25, 0.3) is 12.3 Å². The van der Waals surface area contributed by atoms with Crippen LogP contribution in [0.15, 0.2) is 18.2 Å². The number of alkyl halides is 2. The van der Waals surface area contributed by atoms with Crippen molar-refractivity contribution >= 4 is 5.91 Å². The van der Waals surface area contributed by atoms with Gasteiger partial charge in [0.2, 0.25) is 0 Å². The minimum Gasteiger partial charge on any atom is -0.345 e. The molecule has 0 saturated carbocycles. The van der Waals surface area contributed by atoms with E-state index in [2.05, 4.69) is 10.2 Å². The Hall–Kier alpha value is -1.60. The molecular weight excluding hydrogens is 331 g/mol. The number of nitrogens with zero attached hydrogens (tertiary/aromatic N) is 2. The zero-order valence-electron chi connectivity index (χ0n) is 15.0. The van der Waals surface area contributed by atoms with Gasteiger partial charge in [-0.3, -0.25) is 9.69 Å². The summed E-state index contributed by atoms with van der Waals surface area (Å²) >= 11 is 0. The van der Waals surface area contributed by atoms with Gasteiger partial charge in [0.15, 0.2) is 0 Å². The maximum atomic E-state index is 13.5. The molecule has 1 amide bonds. The lowest BCUT2D eigenvalue weighted by molar-refractivity contribution is 0.0590. The van der Waals surface area contributed by atoms with Crippen LogP contribution in [0.2, 0.25) is 0 Å². The predicted molar refractivity (Wildman–Crippen MR) is 91.6 cm³/mol. The van der Waals surface area contributed by atoms with E-state index >= 15 is 0 Å². The Balaban J connectivity index is 2.18. The van der Waals surface area contributed by atoms with E-state index in [0.29, 0.717) is 24.9 Å². The van der Waals surface area contributed by atoms with Gasteiger partial charge in [-0.25, -0.2) is 13.2 Å². The van der Waals surface area contributed by atoms with Crippen LogP contribution in [0.1, 0.15) is 28.8 Å². The first-order valence-electron chi connectivity index (χ1n) is 8.45. The van der Waals surface area contributed by atoms with Crippen LogP contribution in [0.3, 0.4) is 0 Å². The van der Waals surface area contributed by atoms with Crippen LogP contribution in [-0.4, -0.2) is 67.9 Å². The lowest BCUT2D eigenvalue weighted by Gasteiger charge is -2.43. The lowest BCUT2D eigenvalue weighted by atomic mass is 9.86. The highest BCUT2D eigenvalue weighted by atomic mass is 19.3. The molecule has 1 heterocycles. The van der Waals surface area contributed by atoms with E-state index in [4.69, 9.17) is 0 Å². The van der Waals surface area contributed by atoms with E-state index < -0.39 is 17.8 Å². The molecule has 1 aromatic rings. The zero-order chi connectivity index (χ0) is 18.6. The molecule has 0 aliphatic carbocycles. The molecule has 25 heavy (non-hydrogen) atoms. The summed E-state index contributed by atoms with van der Waals surface area (Å²) < 4.78 is 38.9. The molecule has 1 fully saturated rings. The molecule has 0 aromatic heterocycles. The van der Waals surface area contributed by atoms with E-state index in [1.54, 1.807) is 24.9 Å². The van der Waals surface area contributed by atoms with Crippen LogP contribution in [0, 0.1) is 12.7 Å². The van der Waals surface area contributed by atoms with Crippen molar-refractivity contribution in [3.63, 3.8) is 0 Å². The Bertz CT molecular complexity index is 601. The van der Waals surface area contributed by atoms with Crippen LogP contribution in [-0.2, 0) is 0 Å². The predicted octanol–water partition coefficient (Wildman–Crippen LogP) is 2.53. The number of amides is 1. The molecular formula is C18H26F3N3O. The molecule has 0 spiro atoms. The van der Waals surface area contributed by atoms with Crippen LogP contribution in [0.4, 0.5) is 13.2 Å². The lowest BCUT2D eigenvalue weighted by Crippen LogP contribution is -2.60. The Kier molecular flexibility index (Phi) is 6.46. The summed E-state index contributed by atoms with van der Waals surface area (Å²) in [6, 6.07) is 4.10. The zero-order valence-corrected chi connectivity index (χ0v) is 15.0. The standard InChI is InChI=1S/C18H26F3N3O/c1-13-4-5-14(19)10-15(13)17(25)22-18(6-8-23(2)9-7-18)12-24(3)11-16(20)21/h4-5,10,16H,6-9,11-12H2,1-3H3,(H,22,25). The average Bonchev–Trinajstić information content (AvgIpc) is 2.51. The molecule has 1 N–H and O–H groups in total. The van der Waals surface area contributed by atoms with E-state index in [0.717, 1.165) is 13.1 Å². The number of benzene rings is 1. The van der Waals surface area contributed by atoms with Crippen molar-refractivity contribution in [2.75, 3.05) is 40.3 Å². The Morgan fingerprint density at radius 2 is 2.00 bits per heavy atom. The highest BCUT2D eigenvalue weighted by Gasteiger charge is 2.37. The number of hydrogen-bond donors (Lipinski definition) is 1. The van der Waals surface area contributed by atoms with Crippen LogP contribution < -0.4 is 5.32 Å². The summed E-state index contributed by atoms with van der Waals surface area (Å²) in [4.78, 5) is 16.4. The highest BCUT2D eigenvalue weighted by molar-refractivity contribution is 5.96. The van der Waals surface area contributed by atoms with E-state index in [-0.39, 0.29) is 18.0 Å². The number of carbonyl (C=O) groups excluding carboxylic acids is 1. The van der Waals surface area contributed by atoms with Crippen molar-refractivity contribution in [1.29, 1.82) is 0 Å². The number of halogens is 3. The monoisotopic (exact) mass is 357 g/mol. The van der Waals surface area contributed by atoms with Crippen molar-refractivity contribution in [1.82, 2.24) is 15.1 Å². The first-order chi connectivity index (χ1) is 11.7. The Morgan fingerprint density at radius 1 is 1.36 bits per heavy atom. The van der Waals surface area contributed by atoms with Crippen molar-refractivity contribution in [3.05, 3.63) is 35.1 Å². The van der Waals surface area contributed by atoms with Gasteiger partial charge < -0.3 is 10.2 Å². The molecule has 1 aromatic carbocycles. The van der Waals surface area contributed by atoms with Gasteiger partial charge in [-0.05, 0) is 51.6 Å². The van der Waals surface area contributed by atoms with E-state index in [1.165, 1.54) is 12.1 Å². The fraction of sp³-hybridized carbons (Fsp3) is 0.611. The number of aryl methyl sites for hydroxylation is 1. The van der Waals surface area contributed by atoms with E-state index in [1.807, 2.05) is 7.05 Å². The van der Waals surface area contributed by atoms with Crippen molar-refractivity contribution in [3.8, 4) is 0 Å². The summed E-state index contributed by atoms with van der Waals surface area (Å²) in [6.07, 6.45) is -1.09. The second kappa shape index (κ2) is 8.19. The maximum Gasteiger partial charge on any atom is 0.252 e. The van der Waals surface area contributed by atoms with Crippen molar-refractivity contribution in [2.24, 2.45) is 0 Å². The van der Waals surface area contributed by atoms with Gasteiger partial charge in [0, 0.05) is 25.2 Å². The van der Waals surface area contributed by atoms with Crippen LogP contribution >= 0.6 is 0 Å². The second-order valence-corrected chi connectivity index (χ2v) is 7.08. The number of likely N-dealkylation sites (tertiary alicyclic amines) is 1. The molecule has 0 bridgehead atoms. The molecule has 4 nitrogen and oxygen atoms in total.